The van der Waals surface area contributed by atoms with E-state index in [0.717, 1.165) is 0 Å². The maximum absolute atomic E-state index is 11.4. The fraction of sp³-hybridized carbons (Fsp3) is 0. The molecule has 0 saturated heterocycles. The second-order valence-electron chi connectivity index (χ2n) is 3.81. The molecule has 0 bridgehead atoms. The predicted molar refractivity (Wildman–Crippen MR) is 61.1 cm³/mol. The van der Waals surface area contributed by atoms with Crippen LogP contribution in [0.1, 0.15) is 20.8 Å². The number of pyridine rings is 1. The van der Waals surface area contributed by atoms with Crippen LogP contribution in [0.5, 0.6) is 5.75 Å². The van der Waals surface area contributed by atoms with E-state index < -0.39 is 11.9 Å². The first-order valence-electron chi connectivity index (χ1n) is 5.22. The lowest BCUT2D eigenvalue weighted by Gasteiger charge is -2.04. The summed E-state index contributed by atoms with van der Waals surface area (Å²) in [5.74, 6) is -1.37. The third-order valence-electron chi connectivity index (χ3n) is 2.70. The number of phenolic OH excluding ortho intramolecular Hbond substituents is 1. The number of nitrogens with zero attached hydrogens (tertiary/aromatic N) is 1. The summed E-state index contributed by atoms with van der Waals surface area (Å²) < 4.78 is 4.45. The van der Waals surface area contributed by atoms with Crippen molar-refractivity contribution >= 4 is 11.9 Å². The van der Waals surface area contributed by atoms with Crippen molar-refractivity contribution in [3.8, 4) is 16.9 Å². The van der Waals surface area contributed by atoms with Crippen LogP contribution >= 0.6 is 0 Å². The highest BCUT2D eigenvalue weighted by atomic mass is 16.6. The van der Waals surface area contributed by atoms with Gasteiger partial charge in [0.1, 0.15) is 5.75 Å². The van der Waals surface area contributed by atoms with E-state index >= 15 is 0 Å². The van der Waals surface area contributed by atoms with Gasteiger partial charge in [0.15, 0.2) is 5.69 Å². The monoisotopic (exact) mass is 241 g/mol. The van der Waals surface area contributed by atoms with Crippen molar-refractivity contribution in [3.63, 3.8) is 0 Å². The molecular formula is C13H7NO4. The minimum Gasteiger partial charge on any atom is -0.507 e. The van der Waals surface area contributed by atoms with Crippen LogP contribution in [-0.2, 0) is 4.74 Å². The summed E-state index contributed by atoms with van der Waals surface area (Å²) in [6, 6.07) is 8.17. The number of cyclic esters (lactones) is 2. The van der Waals surface area contributed by atoms with E-state index in [1.807, 2.05) is 0 Å². The Morgan fingerprint density at radius 1 is 1.06 bits per heavy atom. The Morgan fingerprint density at radius 3 is 2.61 bits per heavy atom. The molecule has 3 rings (SSSR count). The Morgan fingerprint density at radius 2 is 1.83 bits per heavy atom. The topological polar surface area (TPSA) is 76.5 Å². The van der Waals surface area contributed by atoms with Gasteiger partial charge in [-0.05, 0) is 12.1 Å². The van der Waals surface area contributed by atoms with Crippen LogP contribution in [0, 0.1) is 0 Å². The molecule has 0 amide bonds. The van der Waals surface area contributed by atoms with E-state index in [1.165, 1.54) is 18.3 Å². The number of benzene rings is 1. The number of hydrogen-bond acceptors (Lipinski definition) is 5. The van der Waals surface area contributed by atoms with Crippen LogP contribution in [-0.4, -0.2) is 22.0 Å². The second kappa shape index (κ2) is 3.66. The number of fused-ring (bicyclic) bond motifs is 1. The van der Waals surface area contributed by atoms with E-state index in [-0.39, 0.29) is 17.0 Å². The first-order chi connectivity index (χ1) is 8.66. The maximum Gasteiger partial charge on any atom is 0.365 e. The second-order valence-corrected chi connectivity index (χ2v) is 3.81. The average Bonchev–Trinajstić information content (AvgIpc) is 2.65. The minimum atomic E-state index is -0.737. The van der Waals surface area contributed by atoms with Gasteiger partial charge in [-0.2, -0.15) is 0 Å². The average molecular weight is 241 g/mol. The highest BCUT2D eigenvalue weighted by Crippen LogP contribution is 2.30. The van der Waals surface area contributed by atoms with E-state index in [9.17, 15) is 14.7 Å². The Balaban J connectivity index is 2.17. The van der Waals surface area contributed by atoms with Crippen LogP contribution in [0.3, 0.4) is 0 Å². The van der Waals surface area contributed by atoms with Gasteiger partial charge in [0.05, 0.1) is 5.56 Å². The van der Waals surface area contributed by atoms with E-state index in [0.29, 0.717) is 11.1 Å². The molecule has 5 nitrogen and oxygen atoms in total. The highest BCUT2D eigenvalue weighted by Gasteiger charge is 2.31. The number of ether oxygens (including phenoxy) is 1. The van der Waals surface area contributed by atoms with Gasteiger partial charge in [0.2, 0.25) is 0 Å². The first kappa shape index (κ1) is 10.5. The number of aromatic hydroxyl groups is 1. The van der Waals surface area contributed by atoms with Crippen molar-refractivity contribution < 1.29 is 19.4 Å². The van der Waals surface area contributed by atoms with Crippen molar-refractivity contribution in [3.05, 3.63) is 47.8 Å². The van der Waals surface area contributed by atoms with Gasteiger partial charge in [-0.25, -0.2) is 14.6 Å². The third-order valence-corrected chi connectivity index (χ3v) is 2.70. The molecule has 0 atom stereocenters. The predicted octanol–water partition coefficient (Wildman–Crippen LogP) is 1.76. The summed E-state index contributed by atoms with van der Waals surface area (Å²) in [6.45, 7) is 0. The fourth-order valence-electron chi connectivity index (χ4n) is 1.84. The molecule has 0 unspecified atom stereocenters. The van der Waals surface area contributed by atoms with Crippen LogP contribution in [0.25, 0.3) is 11.1 Å². The molecule has 2 heterocycles. The Labute approximate surface area is 102 Å². The fourth-order valence-corrected chi connectivity index (χ4v) is 1.84. The van der Waals surface area contributed by atoms with Crippen LogP contribution in [0.2, 0.25) is 0 Å². The lowest BCUT2D eigenvalue weighted by Crippen LogP contribution is -1.97. The van der Waals surface area contributed by atoms with Crippen LogP contribution in [0.4, 0.5) is 0 Å². The van der Waals surface area contributed by atoms with Crippen LogP contribution in [0.15, 0.2) is 36.5 Å². The highest BCUT2D eigenvalue weighted by molar-refractivity contribution is 6.14. The van der Waals surface area contributed by atoms with E-state index in [2.05, 4.69) is 9.72 Å². The molecule has 5 heteroatoms. The van der Waals surface area contributed by atoms with Crippen molar-refractivity contribution in [2.24, 2.45) is 0 Å². The minimum absolute atomic E-state index is 0.0131. The first-order valence-corrected chi connectivity index (χ1v) is 5.22. The number of esters is 2. The largest absolute Gasteiger partial charge is 0.507 e. The van der Waals surface area contributed by atoms with Gasteiger partial charge in [0, 0.05) is 17.3 Å². The van der Waals surface area contributed by atoms with Gasteiger partial charge in [0.25, 0.3) is 0 Å². The quantitative estimate of drug-likeness (QED) is 0.608. The number of hydrogen-bond donors (Lipinski definition) is 1. The van der Waals surface area contributed by atoms with Crippen molar-refractivity contribution in [1.82, 2.24) is 4.98 Å². The zero-order valence-electron chi connectivity index (χ0n) is 9.08. The van der Waals surface area contributed by atoms with Gasteiger partial charge in [-0.3, -0.25) is 0 Å². The molecule has 1 aliphatic rings. The number of carbonyl (C=O) groups excluding carboxylic acids is 2. The molecule has 1 aliphatic heterocycles. The summed E-state index contributed by atoms with van der Waals surface area (Å²) >= 11 is 0. The third kappa shape index (κ3) is 1.45. The lowest BCUT2D eigenvalue weighted by molar-refractivity contribution is 0.0441. The molecule has 1 aromatic carbocycles. The molecule has 2 aromatic rings. The Bertz CT molecular complexity index is 678. The van der Waals surface area contributed by atoms with Crippen molar-refractivity contribution in [2.75, 3.05) is 0 Å². The molecule has 88 valence electrons. The number of aromatic nitrogens is 1. The van der Waals surface area contributed by atoms with Gasteiger partial charge in [-0.1, -0.05) is 18.2 Å². The molecule has 0 radical (unpaired) electrons. The number of para-hydroxylation sites is 1. The van der Waals surface area contributed by atoms with Crippen LogP contribution < -0.4 is 0 Å². The molecule has 0 fully saturated rings. The molecule has 0 aliphatic carbocycles. The molecule has 0 saturated carbocycles. The van der Waals surface area contributed by atoms with Gasteiger partial charge < -0.3 is 9.84 Å². The summed E-state index contributed by atoms with van der Waals surface area (Å²) in [4.78, 5) is 26.5. The zero-order valence-corrected chi connectivity index (χ0v) is 9.08. The maximum atomic E-state index is 11.4. The summed E-state index contributed by atoms with van der Waals surface area (Å²) in [5.41, 5.74) is 1.23. The number of phenols is 1. The number of carbonyl (C=O) groups is 2. The molecule has 18 heavy (non-hydrogen) atoms. The number of rotatable bonds is 1. The zero-order chi connectivity index (χ0) is 12.7. The lowest BCUT2D eigenvalue weighted by atomic mass is 10.0. The Hall–Kier alpha value is -2.69. The normalized spacial score (nSPS) is 13.3. The smallest absolute Gasteiger partial charge is 0.365 e. The van der Waals surface area contributed by atoms with E-state index in [1.54, 1.807) is 18.2 Å². The molecular weight excluding hydrogens is 234 g/mol. The van der Waals surface area contributed by atoms with E-state index in [4.69, 9.17) is 0 Å². The molecule has 0 spiro atoms. The SMILES string of the molecule is O=C1OC(=O)c2ncc(-c3ccccc3O)cc21. The van der Waals surface area contributed by atoms with Crippen molar-refractivity contribution in [2.45, 2.75) is 0 Å². The van der Waals surface area contributed by atoms with Gasteiger partial charge in [-0.15, -0.1) is 0 Å². The van der Waals surface area contributed by atoms with Crippen molar-refractivity contribution in [1.29, 1.82) is 0 Å². The summed E-state index contributed by atoms with van der Waals surface area (Å²) in [5, 5.41) is 9.72. The molecule has 1 N–H and O–H groups in total. The standard InChI is InChI=1S/C13H7NO4/c15-10-4-2-1-3-8(10)7-5-9-11(14-6-7)13(17)18-12(9)16/h1-6,15H. The summed E-state index contributed by atoms with van der Waals surface area (Å²) in [6.07, 6.45) is 1.42. The summed E-state index contributed by atoms with van der Waals surface area (Å²) in [7, 11) is 0. The molecule has 1 aromatic heterocycles. The van der Waals surface area contributed by atoms with Gasteiger partial charge >= 0.3 is 11.9 Å². The Kier molecular flexibility index (Phi) is 2.13.